The van der Waals surface area contributed by atoms with Crippen molar-refractivity contribution in [1.29, 1.82) is 0 Å². The van der Waals surface area contributed by atoms with Crippen LogP contribution in [-0.4, -0.2) is 36.3 Å². The lowest BCUT2D eigenvalue weighted by atomic mass is 9.92. The van der Waals surface area contributed by atoms with Gasteiger partial charge in [0.05, 0.1) is 5.69 Å². The molecule has 1 heterocycles. The number of amides is 2. The maximum absolute atomic E-state index is 14.3. The molecule has 0 spiro atoms. The van der Waals surface area contributed by atoms with Crippen LogP contribution in [0, 0.1) is 0 Å². The summed E-state index contributed by atoms with van der Waals surface area (Å²) >= 11 is 0. The van der Waals surface area contributed by atoms with Crippen molar-refractivity contribution >= 4 is 45.4 Å². The minimum absolute atomic E-state index is 0.353. The number of rotatable bonds is 8. The fraction of sp³-hybridized carbons (Fsp3) is 0.194. The lowest BCUT2D eigenvalue weighted by molar-refractivity contribution is -0.127. The first-order valence-electron chi connectivity index (χ1n) is 12.9. The third-order valence-electron chi connectivity index (χ3n) is 6.81. The molecule has 192 valence electrons. The molecule has 1 aliphatic heterocycles. The number of hydrogen-bond donors (Lipinski definition) is 2. The van der Waals surface area contributed by atoms with E-state index in [-0.39, 0.29) is 5.91 Å². The van der Waals surface area contributed by atoms with Crippen LogP contribution in [0.15, 0.2) is 102 Å². The van der Waals surface area contributed by atoms with Gasteiger partial charge in [-0.2, -0.15) is 10.1 Å². The molecule has 38 heavy (non-hydrogen) atoms. The van der Waals surface area contributed by atoms with E-state index in [1.807, 2.05) is 97.1 Å². The first-order valence-corrected chi connectivity index (χ1v) is 12.9. The lowest BCUT2D eigenvalue weighted by Crippen LogP contribution is -2.64. The van der Waals surface area contributed by atoms with Crippen molar-refractivity contribution in [2.75, 3.05) is 28.3 Å². The van der Waals surface area contributed by atoms with Crippen LogP contribution in [0.3, 0.4) is 0 Å². The number of fused-ring (bicyclic) bond motifs is 1. The van der Waals surface area contributed by atoms with Gasteiger partial charge in [0.2, 0.25) is 11.6 Å². The van der Waals surface area contributed by atoms with Crippen LogP contribution in [0.1, 0.15) is 26.3 Å². The van der Waals surface area contributed by atoms with Crippen LogP contribution in [-0.2, 0) is 9.59 Å². The molecule has 2 amide bonds. The van der Waals surface area contributed by atoms with Gasteiger partial charge in [-0.05, 0) is 61.0 Å². The summed E-state index contributed by atoms with van der Waals surface area (Å²) in [6.45, 7) is 7.42. The Morgan fingerprint density at radius 2 is 1.53 bits per heavy atom. The van der Waals surface area contributed by atoms with Gasteiger partial charge in [-0.25, -0.2) is 0 Å². The van der Waals surface area contributed by atoms with E-state index in [0.29, 0.717) is 17.1 Å². The molecule has 1 atom stereocenters. The number of carbonyl (C=O) groups excluding carboxylic acids is 2. The maximum Gasteiger partial charge on any atom is 0.300 e. The van der Waals surface area contributed by atoms with Gasteiger partial charge >= 0.3 is 5.91 Å². The summed E-state index contributed by atoms with van der Waals surface area (Å²) in [6.07, 6.45) is 0. The summed E-state index contributed by atoms with van der Waals surface area (Å²) in [7, 11) is 0. The predicted octanol–water partition coefficient (Wildman–Crippen LogP) is 5.38. The predicted molar refractivity (Wildman–Crippen MR) is 155 cm³/mol. The first kappa shape index (κ1) is 25.0. The van der Waals surface area contributed by atoms with Crippen molar-refractivity contribution in [3.63, 3.8) is 0 Å². The monoisotopic (exact) mass is 505 g/mol. The van der Waals surface area contributed by atoms with E-state index in [4.69, 9.17) is 5.10 Å². The smallest absolute Gasteiger partial charge is 0.300 e. The molecular weight excluding hydrogens is 474 g/mol. The van der Waals surface area contributed by atoms with Crippen molar-refractivity contribution < 1.29 is 9.59 Å². The Morgan fingerprint density at radius 3 is 2.21 bits per heavy atom. The SMILES string of the molecule is CCN(CC)c1ccc(NC2(NC(C)=O)C(=O)N(c3ccccc3)N=C2c2cccc3ccccc23)cc1. The lowest BCUT2D eigenvalue weighted by Gasteiger charge is -2.32. The Hall–Kier alpha value is -4.65. The normalized spacial score (nSPS) is 16.9. The highest BCUT2D eigenvalue weighted by Crippen LogP contribution is 2.34. The third kappa shape index (κ3) is 4.47. The van der Waals surface area contributed by atoms with Crippen molar-refractivity contribution in [3.8, 4) is 0 Å². The van der Waals surface area contributed by atoms with E-state index in [9.17, 15) is 9.59 Å². The molecule has 2 N–H and O–H groups in total. The molecule has 0 saturated carbocycles. The molecule has 4 aromatic carbocycles. The summed E-state index contributed by atoms with van der Waals surface area (Å²) < 4.78 is 0. The van der Waals surface area contributed by atoms with Gasteiger partial charge in [-0.15, -0.1) is 0 Å². The number of nitrogens with zero attached hydrogens (tertiary/aromatic N) is 3. The van der Waals surface area contributed by atoms with E-state index in [1.54, 1.807) is 0 Å². The topological polar surface area (TPSA) is 77.0 Å². The first-order chi connectivity index (χ1) is 18.5. The highest BCUT2D eigenvalue weighted by Gasteiger charge is 2.53. The zero-order chi connectivity index (χ0) is 26.7. The Bertz CT molecular complexity index is 1490. The third-order valence-corrected chi connectivity index (χ3v) is 6.81. The average molecular weight is 506 g/mol. The van der Waals surface area contributed by atoms with Gasteiger partial charge < -0.3 is 15.5 Å². The Morgan fingerprint density at radius 1 is 0.868 bits per heavy atom. The highest BCUT2D eigenvalue weighted by molar-refractivity contribution is 6.33. The standard InChI is InChI=1S/C31H31N5O2/c1-4-35(5-2)25-20-18-24(19-21-25)33-31(32-22(3)37)29(28-17-11-13-23-12-9-10-16-27(23)28)34-36(30(31)38)26-14-7-6-8-15-26/h6-21,33H,4-5H2,1-3H3,(H,32,37). The quantitative estimate of drug-likeness (QED) is 0.315. The molecule has 0 aliphatic carbocycles. The Balaban J connectivity index is 1.68. The zero-order valence-electron chi connectivity index (χ0n) is 21.8. The summed E-state index contributed by atoms with van der Waals surface area (Å²) in [4.78, 5) is 29.2. The van der Waals surface area contributed by atoms with Crippen LogP contribution in [0.2, 0.25) is 0 Å². The second-order valence-corrected chi connectivity index (χ2v) is 9.20. The van der Waals surface area contributed by atoms with Crippen LogP contribution >= 0.6 is 0 Å². The molecule has 1 unspecified atom stereocenters. The van der Waals surface area contributed by atoms with Crippen LogP contribution in [0.5, 0.6) is 0 Å². The minimum Gasteiger partial charge on any atom is -0.372 e. The number of benzene rings is 4. The summed E-state index contributed by atoms with van der Waals surface area (Å²) in [5.41, 5.74) is 1.94. The van der Waals surface area contributed by atoms with Crippen molar-refractivity contribution in [2.24, 2.45) is 5.10 Å². The van der Waals surface area contributed by atoms with E-state index < -0.39 is 11.6 Å². The van der Waals surface area contributed by atoms with Gasteiger partial charge in [0.15, 0.2) is 0 Å². The molecule has 0 radical (unpaired) electrons. The molecule has 5 rings (SSSR count). The fourth-order valence-corrected chi connectivity index (χ4v) is 4.99. The highest BCUT2D eigenvalue weighted by atomic mass is 16.2. The van der Waals surface area contributed by atoms with E-state index in [0.717, 1.165) is 35.1 Å². The van der Waals surface area contributed by atoms with E-state index in [2.05, 4.69) is 29.4 Å². The zero-order valence-corrected chi connectivity index (χ0v) is 21.8. The fourth-order valence-electron chi connectivity index (χ4n) is 4.99. The summed E-state index contributed by atoms with van der Waals surface area (Å²) in [6, 6.07) is 31.0. The number of hydrazone groups is 1. The van der Waals surface area contributed by atoms with Gasteiger partial charge in [0.1, 0.15) is 5.71 Å². The Kier molecular flexibility index (Phi) is 6.83. The van der Waals surface area contributed by atoms with Crippen LogP contribution in [0.25, 0.3) is 10.8 Å². The molecule has 0 aromatic heterocycles. The molecule has 0 bridgehead atoms. The number of anilines is 3. The van der Waals surface area contributed by atoms with E-state index in [1.165, 1.54) is 11.9 Å². The number of carbonyl (C=O) groups is 2. The van der Waals surface area contributed by atoms with Gasteiger partial charge in [-0.3, -0.25) is 9.59 Å². The molecule has 0 saturated heterocycles. The summed E-state index contributed by atoms with van der Waals surface area (Å²) in [5, 5.41) is 14.5. The van der Waals surface area contributed by atoms with Gasteiger partial charge in [0.25, 0.3) is 0 Å². The van der Waals surface area contributed by atoms with Crippen molar-refractivity contribution in [1.82, 2.24) is 5.32 Å². The van der Waals surface area contributed by atoms with Crippen molar-refractivity contribution in [3.05, 3.63) is 103 Å². The molecule has 4 aromatic rings. The van der Waals surface area contributed by atoms with Crippen molar-refractivity contribution in [2.45, 2.75) is 26.4 Å². The second kappa shape index (κ2) is 10.4. The number of para-hydroxylation sites is 1. The second-order valence-electron chi connectivity index (χ2n) is 9.20. The average Bonchev–Trinajstić information content (AvgIpc) is 3.21. The molecule has 7 heteroatoms. The van der Waals surface area contributed by atoms with Crippen LogP contribution in [0.4, 0.5) is 17.1 Å². The molecule has 1 aliphatic rings. The van der Waals surface area contributed by atoms with E-state index >= 15 is 0 Å². The molecule has 0 fully saturated rings. The largest absolute Gasteiger partial charge is 0.372 e. The van der Waals surface area contributed by atoms with Gasteiger partial charge in [0, 0.05) is 37.0 Å². The minimum atomic E-state index is -1.62. The maximum atomic E-state index is 14.3. The number of nitrogens with one attached hydrogen (secondary N) is 2. The van der Waals surface area contributed by atoms with Gasteiger partial charge in [-0.1, -0.05) is 60.7 Å². The number of hydrogen-bond acceptors (Lipinski definition) is 5. The molecular formula is C31H31N5O2. The summed E-state index contributed by atoms with van der Waals surface area (Å²) in [5.74, 6) is -0.747. The van der Waals surface area contributed by atoms with Crippen LogP contribution < -0.4 is 20.5 Å². The Labute approximate surface area is 222 Å². The molecule has 7 nitrogen and oxygen atoms in total.